The molecule has 0 unspecified atom stereocenters. The summed E-state index contributed by atoms with van der Waals surface area (Å²) in [5.74, 6) is -1.02. The molecule has 0 amide bonds. The molecule has 84 valence electrons. The molecule has 3 rings (SSSR count). The van der Waals surface area contributed by atoms with Gasteiger partial charge in [-0.1, -0.05) is 28.1 Å². The van der Waals surface area contributed by atoms with Gasteiger partial charge in [-0.25, -0.2) is 9.78 Å². The standard InChI is InChI=1S/C12H7BrN2O2/c13-8-3-1-2-7-4-5-15-6-9(12(16)17)14-11(15)10(7)8/h1-6H,(H,16,17). The maximum absolute atomic E-state index is 10.9. The maximum atomic E-state index is 10.9. The van der Waals surface area contributed by atoms with Gasteiger partial charge in [0.2, 0.25) is 0 Å². The van der Waals surface area contributed by atoms with Crippen LogP contribution >= 0.6 is 15.9 Å². The molecule has 2 aromatic heterocycles. The predicted octanol–water partition coefficient (Wildman–Crippen LogP) is 2.95. The lowest BCUT2D eigenvalue weighted by atomic mass is 10.2. The lowest BCUT2D eigenvalue weighted by Crippen LogP contribution is -1.94. The highest BCUT2D eigenvalue weighted by molar-refractivity contribution is 9.10. The van der Waals surface area contributed by atoms with Gasteiger partial charge in [-0.15, -0.1) is 0 Å². The minimum Gasteiger partial charge on any atom is -0.476 e. The predicted molar refractivity (Wildman–Crippen MR) is 67.4 cm³/mol. The van der Waals surface area contributed by atoms with Crippen LogP contribution in [0, 0.1) is 0 Å². The first kappa shape index (κ1) is 10.3. The first-order chi connectivity index (χ1) is 8.16. The lowest BCUT2D eigenvalue weighted by molar-refractivity contribution is 0.0691. The van der Waals surface area contributed by atoms with E-state index in [4.69, 9.17) is 5.11 Å². The fourth-order valence-electron chi connectivity index (χ4n) is 1.87. The van der Waals surface area contributed by atoms with Crippen molar-refractivity contribution in [2.24, 2.45) is 0 Å². The Morgan fingerprint density at radius 2 is 2.18 bits per heavy atom. The average molecular weight is 291 g/mol. The quantitative estimate of drug-likeness (QED) is 0.750. The Morgan fingerprint density at radius 1 is 1.35 bits per heavy atom. The molecule has 0 bridgehead atoms. The van der Waals surface area contributed by atoms with Crippen molar-refractivity contribution in [2.45, 2.75) is 0 Å². The molecule has 4 nitrogen and oxygen atoms in total. The Hall–Kier alpha value is -1.88. The van der Waals surface area contributed by atoms with E-state index in [0.29, 0.717) is 5.65 Å². The fourth-order valence-corrected chi connectivity index (χ4v) is 2.43. The molecule has 0 saturated carbocycles. The highest BCUT2D eigenvalue weighted by Gasteiger charge is 2.11. The van der Waals surface area contributed by atoms with Crippen molar-refractivity contribution >= 4 is 38.3 Å². The molecule has 0 aliphatic carbocycles. The molecule has 0 spiro atoms. The van der Waals surface area contributed by atoms with Gasteiger partial charge in [-0.2, -0.15) is 0 Å². The number of hydrogen-bond acceptors (Lipinski definition) is 2. The Kier molecular flexibility index (Phi) is 2.16. The van der Waals surface area contributed by atoms with Crippen LogP contribution < -0.4 is 0 Å². The number of fused-ring (bicyclic) bond motifs is 3. The first-order valence-corrected chi connectivity index (χ1v) is 5.75. The van der Waals surface area contributed by atoms with Crippen LogP contribution in [0.2, 0.25) is 0 Å². The number of aromatic carboxylic acids is 1. The van der Waals surface area contributed by atoms with Gasteiger partial charge < -0.3 is 9.51 Å². The van der Waals surface area contributed by atoms with E-state index in [9.17, 15) is 4.79 Å². The molecule has 0 atom stereocenters. The number of hydrogen-bond donors (Lipinski definition) is 1. The van der Waals surface area contributed by atoms with Gasteiger partial charge in [-0.05, 0) is 17.5 Å². The number of carboxylic acids is 1. The van der Waals surface area contributed by atoms with E-state index in [-0.39, 0.29) is 5.69 Å². The van der Waals surface area contributed by atoms with Crippen molar-refractivity contribution in [3.05, 3.63) is 46.8 Å². The molecule has 1 N–H and O–H groups in total. The molecule has 0 aliphatic rings. The van der Waals surface area contributed by atoms with Gasteiger partial charge in [-0.3, -0.25) is 0 Å². The van der Waals surface area contributed by atoms with E-state index in [2.05, 4.69) is 20.9 Å². The zero-order chi connectivity index (χ0) is 12.0. The summed E-state index contributed by atoms with van der Waals surface area (Å²) < 4.78 is 2.62. The first-order valence-electron chi connectivity index (χ1n) is 4.96. The Labute approximate surface area is 105 Å². The summed E-state index contributed by atoms with van der Waals surface area (Å²) in [4.78, 5) is 15.0. The average Bonchev–Trinajstić information content (AvgIpc) is 2.73. The van der Waals surface area contributed by atoms with Crippen LogP contribution in [0.1, 0.15) is 10.5 Å². The molecule has 0 aliphatic heterocycles. The Morgan fingerprint density at radius 3 is 2.94 bits per heavy atom. The number of aromatic nitrogens is 2. The summed E-state index contributed by atoms with van der Waals surface area (Å²) in [5, 5.41) is 10.9. The number of rotatable bonds is 1. The third kappa shape index (κ3) is 1.51. The normalized spacial score (nSPS) is 11.1. The van der Waals surface area contributed by atoms with Gasteiger partial charge in [0.15, 0.2) is 5.69 Å². The number of benzene rings is 1. The van der Waals surface area contributed by atoms with E-state index in [1.54, 1.807) is 4.40 Å². The topological polar surface area (TPSA) is 54.6 Å². The van der Waals surface area contributed by atoms with Crippen LogP contribution in [0.4, 0.5) is 0 Å². The molecule has 0 radical (unpaired) electrons. The number of pyridine rings is 1. The number of halogens is 1. The number of nitrogens with zero attached hydrogens (tertiary/aromatic N) is 2. The maximum Gasteiger partial charge on any atom is 0.356 e. The summed E-state index contributed by atoms with van der Waals surface area (Å²) in [6.45, 7) is 0. The molecule has 3 aromatic rings. The molecule has 0 fully saturated rings. The Bertz CT molecular complexity index is 749. The molecule has 2 heterocycles. The minimum atomic E-state index is -1.02. The second kappa shape index (κ2) is 3.56. The van der Waals surface area contributed by atoms with Crippen molar-refractivity contribution in [3.63, 3.8) is 0 Å². The van der Waals surface area contributed by atoms with Crippen LogP contribution in [0.5, 0.6) is 0 Å². The van der Waals surface area contributed by atoms with Crippen molar-refractivity contribution in [3.8, 4) is 0 Å². The summed E-state index contributed by atoms with van der Waals surface area (Å²) in [6.07, 6.45) is 3.32. The van der Waals surface area contributed by atoms with Gasteiger partial charge >= 0.3 is 5.97 Å². The van der Waals surface area contributed by atoms with Crippen molar-refractivity contribution < 1.29 is 9.90 Å². The van der Waals surface area contributed by atoms with Gasteiger partial charge in [0, 0.05) is 22.3 Å². The molecular weight excluding hydrogens is 284 g/mol. The molecule has 17 heavy (non-hydrogen) atoms. The van der Waals surface area contributed by atoms with E-state index in [0.717, 1.165) is 15.2 Å². The zero-order valence-corrected chi connectivity index (χ0v) is 10.2. The van der Waals surface area contributed by atoms with Crippen LogP contribution in [-0.2, 0) is 0 Å². The van der Waals surface area contributed by atoms with E-state index in [1.807, 2.05) is 30.5 Å². The van der Waals surface area contributed by atoms with E-state index < -0.39 is 5.97 Å². The van der Waals surface area contributed by atoms with Crippen LogP contribution in [0.15, 0.2) is 41.1 Å². The molecule has 1 aromatic carbocycles. The zero-order valence-electron chi connectivity index (χ0n) is 8.59. The second-order valence-corrected chi connectivity index (χ2v) is 4.54. The van der Waals surface area contributed by atoms with E-state index in [1.165, 1.54) is 6.20 Å². The Balaban J connectivity index is 2.50. The summed E-state index contributed by atoms with van der Waals surface area (Å²) in [5.41, 5.74) is 0.695. The van der Waals surface area contributed by atoms with Crippen molar-refractivity contribution in [1.29, 1.82) is 0 Å². The van der Waals surface area contributed by atoms with Crippen molar-refractivity contribution in [2.75, 3.05) is 0 Å². The SMILES string of the molecule is O=C(O)c1cn2ccc3cccc(Br)c3c2n1. The van der Waals surface area contributed by atoms with Crippen LogP contribution in [0.25, 0.3) is 16.4 Å². The second-order valence-electron chi connectivity index (χ2n) is 3.68. The van der Waals surface area contributed by atoms with Gasteiger partial charge in [0.05, 0.1) is 0 Å². The monoisotopic (exact) mass is 290 g/mol. The molecule has 0 saturated heterocycles. The number of carbonyl (C=O) groups is 1. The number of imidazole rings is 1. The highest BCUT2D eigenvalue weighted by Crippen LogP contribution is 2.27. The van der Waals surface area contributed by atoms with Gasteiger partial charge in [0.25, 0.3) is 0 Å². The minimum absolute atomic E-state index is 0.0493. The smallest absolute Gasteiger partial charge is 0.356 e. The summed E-state index contributed by atoms with van der Waals surface area (Å²) in [6, 6.07) is 7.75. The third-order valence-electron chi connectivity index (χ3n) is 2.64. The number of carboxylic acid groups (broad SMARTS) is 1. The summed E-state index contributed by atoms with van der Waals surface area (Å²) in [7, 11) is 0. The van der Waals surface area contributed by atoms with Crippen LogP contribution in [-0.4, -0.2) is 20.5 Å². The largest absolute Gasteiger partial charge is 0.476 e. The van der Waals surface area contributed by atoms with Gasteiger partial charge in [0.1, 0.15) is 5.65 Å². The third-order valence-corrected chi connectivity index (χ3v) is 3.30. The van der Waals surface area contributed by atoms with E-state index >= 15 is 0 Å². The fraction of sp³-hybridized carbons (Fsp3) is 0. The molecular formula is C12H7BrN2O2. The van der Waals surface area contributed by atoms with Crippen molar-refractivity contribution in [1.82, 2.24) is 9.38 Å². The van der Waals surface area contributed by atoms with Crippen LogP contribution in [0.3, 0.4) is 0 Å². The summed E-state index contributed by atoms with van der Waals surface area (Å²) >= 11 is 3.46. The molecule has 5 heteroatoms. The lowest BCUT2D eigenvalue weighted by Gasteiger charge is -2.02. The highest BCUT2D eigenvalue weighted by atomic mass is 79.9.